The molecule has 0 spiro atoms. The van der Waals surface area contributed by atoms with Crippen LogP contribution in [-0.2, 0) is 14.6 Å². The summed E-state index contributed by atoms with van der Waals surface area (Å²) in [6.07, 6.45) is 0.553. The molecule has 6 nitrogen and oxygen atoms in total. The molecule has 0 atom stereocenters. The van der Waals surface area contributed by atoms with Gasteiger partial charge >= 0.3 is 5.97 Å². The van der Waals surface area contributed by atoms with Gasteiger partial charge in [0.25, 0.3) is 0 Å². The zero-order valence-corrected chi connectivity index (χ0v) is 20.2. The van der Waals surface area contributed by atoms with E-state index in [1.807, 2.05) is 25.1 Å². The van der Waals surface area contributed by atoms with Crippen LogP contribution >= 0.6 is 27.7 Å². The zero-order valence-electron chi connectivity index (χ0n) is 17.0. The molecular weight excluding hydrogens is 490 g/mol. The van der Waals surface area contributed by atoms with E-state index in [0.717, 1.165) is 32.8 Å². The number of thioether (sulfide) groups is 1. The fourth-order valence-corrected chi connectivity index (χ4v) is 5.79. The maximum absolute atomic E-state index is 12.5. The zero-order chi connectivity index (χ0) is 22.1. The van der Waals surface area contributed by atoms with Crippen LogP contribution in [0.2, 0.25) is 0 Å². The van der Waals surface area contributed by atoms with Crippen molar-refractivity contribution in [3.63, 3.8) is 0 Å². The Kier molecular flexibility index (Phi) is 9.67. The summed E-state index contributed by atoms with van der Waals surface area (Å²) in [5.74, 6) is 0.528. The van der Waals surface area contributed by atoms with Crippen LogP contribution in [0.5, 0.6) is 5.75 Å². The Morgan fingerprint density at radius 3 is 2.57 bits per heavy atom. The van der Waals surface area contributed by atoms with E-state index in [1.165, 1.54) is 0 Å². The van der Waals surface area contributed by atoms with Gasteiger partial charge in [0, 0.05) is 21.7 Å². The molecular formula is C21H26BrNO5S2. The second-order valence-electron chi connectivity index (χ2n) is 6.79. The topological polar surface area (TPSA) is 92.7 Å². The summed E-state index contributed by atoms with van der Waals surface area (Å²) in [5, 5.41) is 12.0. The number of sulfone groups is 1. The van der Waals surface area contributed by atoms with Gasteiger partial charge in [-0.3, -0.25) is 0 Å². The van der Waals surface area contributed by atoms with Gasteiger partial charge in [-0.2, -0.15) is 0 Å². The van der Waals surface area contributed by atoms with E-state index in [-0.39, 0.29) is 12.4 Å². The number of nitrogens with one attached hydrogen (secondary N) is 1. The number of aliphatic carboxylic acids is 1. The molecule has 164 valence electrons. The molecule has 0 bridgehead atoms. The van der Waals surface area contributed by atoms with Gasteiger partial charge in [0.15, 0.2) is 16.4 Å². The number of halogens is 1. The molecule has 2 aromatic carbocycles. The number of hydrogen-bond acceptors (Lipinski definition) is 6. The van der Waals surface area contributed by atoms with Crippen LogP contribution in [-0.4, -0.2) is 50.7 Å². The highest BCUT2D eigenvalue weighted by Gasteiger charge is 2.16. The molecule has 0 radical (unpaired) electrons. The van der Waals surface area contributed by atoms with Crippen LogP contribution in [0.25, 0.3) is 0 Å². The van der Waals surface area contributed by atoms with Crippen molar-refractivity contribution in [3.8, 4) is 5.75 Å². The van der Waals surface area contributed by atoms with Crippen molar-refractivity contribution in [1.29, 1.82) is 0 Å². The fourth-order valence-electron chi connectivity index (χ4n) is 2.84. The Balaban J connectivity index is 1.68. The number of carbonyl (C=O) groups is 1. The molecule has 9 heteroatoms. The van der Waals surface area contributed by atoms with Gasteiger partial charge < -0.3 is 15.2 Å². The average molecular weight is 516 g/mol. The first kappa shape index (κ1) is 24.7. The van der Waals surface area contributed by atoms with Crippen molar-refractivity contribution < 1.29 is 23.1 Å². The lowest BCUT2D eigenvalue weighted by Gasteiger charge is -2.10. The van der Waals surface area contributed by atoms with Crippen LogP contribution in [0.4, 0.5) is 0 Å². The largest absolute Gasteiger partial charge is 0.482 e. The van der Waals surface area contributed by atoms with E-state index >= 15 is 0 Å². The minimum atomic E-state index is -3.28. The molecule has 30 heavy (non-hydrogen) atoms. The minimum absolute atomic E-state index is 0.118. The summed E-state index contributed by atoms with van der Waals surface area (Å²) >= 11 is 5.03. The van der Waals surface area contributed by atoms with Crippen molar-refractivity contribution in [1.82, 2.24) is 5.32 Å². The van der Waals surface area contributed by atoms with Crippen molar-refractivity contribution in [2.45, 2.75) is 30.1 Å². The molecule has 0 heterocycles. The molecule has 0 aliphatic rings. The molecule has 0 aliphatic heterocycles. The summed E-state index contributed by atoms with van der Waals surface area (Å²) in [7, 11) is -3.28. The van der Waals surface area contributed by atoms with Crippen LogP contribution < -0.4 is 10.1 Å². The number of ether oxygens (including phenoxy) is 1. The first-order valence-corrected chi connectivity index (χ1v) is 12.9. The Morgan fingerprint density at radius 1 is 1.13 bits per heavy atom. The molecule has 0 aliphatic carbocycles. The molecule has 0 aromatic heterocycles. The van der Waals surface area contributed by atoms with Crippen LogP contribution in [0.1, 0.15) is 17.5 Å². The first-order chi connectivity index (χ1) is 14.2. The third-order valence-corrected chi connectivity index (χ3v) is 7.73. The summed E-state index contributed by atoms with van der Waals surface area (Å²) < 4.78 is 31.1. The smallest absolute Gasteiger partial charge is 0.341 e. The van der Waals surface area contributed by atoms with Gasteiger partial charge in [-0.05, 0) is 74.3 Å². The second kappa shape index (κ2) is 11.7. The second-order valence-corrected chi connectivity index (χ2v) is 11.0. The summed E-state index contributed by atoms with van der Waals surface area (Å²) in [6.45, 7) is 4.73. The summed E-state index contributed by atoms with van der Waals surface area (Å²) in [4.78, 5) is 12.1. The number of carboxylic acids is 1. The highest BCUT2D eigenvalue weighted by Crippen LogP contribution is 2.25. The number of aryl methyl sites for hydroxylation is 2. The lowest BCUT2D eigenvalue weighted by Crippen LogP contribution is -2.21. The van der Waals surface area contributed by atoms with E-state index in [0.29, 0.717) is 23.6 Å². The summed E-state index contributed by atoms with van der Waals surface area (Å²) in [6, 6.07) is 10.9. The van der Waals surface area contributed by atoms with Crippen LogP contribution in [0.15, 0.2) is 50.7 Å². The van der Waals surface area contributed by atoms with Crippen molar-refractivity contribution >= 4 is 43.5 Å². The third-order valence-electron chi connectivity index (χ3n) is 4.28. The predicted molar refractivity (Wildman–Crippen MR) is 123 cm³/mol. The summed E-state index contributed by atoms with van der Waals surface area (Å²) in [5.41, 5.74) is 1.64. The van der Waals surface area contributed by atoms with E-state index in [4.69, 9.17) is 9.84 Å². The molecule has 0 saturated heterocycles. The minimum Gasteiger partial charge on any atom is -0.482 e. The maximum Gasteiger partial charge on any atom is 0.341 e. The fraction of sp³-hybridized carbons (Fsp3) is 0.381. The Bertz CT molecular complexity index is 979. The quantitative estimate of drug-likeness (QED) is 0.325. The number of rotatable bonds is 12. The molecule has 0 amide bonds. The first-order valence-electron chi connectivity index (χ1n) is 9.47. The van der Waals surface area contributed by atoms with Gasteiger partial charge in [-0.25, -0.2) is 13.2 Å². The molecule has 0 fully saturated rings. The van der Waals surface area contributed by atoms with Crippen molar-refractivity contribution in [2.24, 2.45) is 0 Å². The van der Waals surface area contributed by atoms with Crippen molar-refractivity contribution in [2.75, 3.05) is 31.2 Å². The van der Waals surface area contributed by atoms with Crippen molar-refractivity contribution in [3.05, 3.63) is 52.0 Å². The lowest BCUT2D eigenvalue weighted by molar-refractivity contribution is -0.139. The van der Waals surface area contributed by atoms with E-state index in [2.05, 4.69) is 21.2 Å². The Morgan fingerprint density at radius 2 is 1.90 bits per heavy atom. The molecule has 2 rings (SSSR count). The molecule has 0 saturated carbocycles. The highest BCUT2D eigenvalue weighted by atomic mass is 79.9. The average Bonchev–Trinajstić information content (AvgIpc) is 2.66. The Labute approximate surface area is 190 Å². The number of carboxylic acid groups (broad SMARTS) is 1. The van der Waals surface area contributed by atoms with Gasteiger partial charge in [-0.15, -0.1) is 11.8 Å². The van der Waals surface area contributed by atoms with Gasteiger partial charge in [-0.1, -0.05) is 15.9 Å². The van der Waals surface area contributed by atoms with E-state index in [1.54, 1.807) is 36.9 Å². The number of hydrogen-bond donors (Lipinski definition) is 2. The van der Waals surface area contributed by atoms with Crippen LogP contribution in [0, 0.1) is 13.8 Å². The predicted octanol–water partition coefficient (Wildman–Crippen LogP) is 4.08. The monoisotopic (exact) mass is 515 g/mol. The normalized spacial score (nSPS) is 11.4. The SMILES string of the molecule is Cc1cc(SCCNCCCS(=O)(=O)c2ccc(Br)cc2C)ccc1OCC(=O)O. The molecule has 2 N–H and O–H groups in total. The molecule has 0 unspecified atom stereocenters. The van der Waals surface area contributed by atoms with Gasteiger partial charge in [0.2, 0.25) is 0 Å². The highest BCUT2D eigenvalue weighted by molar-refractivity contribution is 9.10. The van der Waals surface area contributed by atoms with Gasteiger partial charge in [0.05, 0.1) is 10.6 Å². The van der Waals surface area contributed by atoms with E-state index < -0.39 is 15.8 Å². The van der Waals surface area contributed by atoms with Gasteiger partial charge in [0.1, 0.15) is 5.75 Å². The van der Waals surface area contributed by atoms with E-state index in [9.17, 15) is 13.2 Å². The molecule has 2 aromatic rings. The lowest BCUT2D eigenvalue weighted by atomic mass is 10.2. The number of benzene rings is 2. The van der Waals surface area contributed by atoms with Crippen LogP contribution in [0.3, 0.4) is 0 Å². The maximum atomic E-state index is 12.5. The standard InChI is InChI=1S/C21H26BrNO5S2/c1-15-13-18(5-6-19(15)28-14-21(24)25)29-10-9-23-8-3-11-30(26,27)20-7-4-17(22)12-16(20)2/h4-7,12-13,23H,3,8-11,14H2,1-2H3,(H,24,25). The Hall–Kier alpha value is -1.55. The third kappa shape index (κ3) is 7.94.